The van der Waals surface area contributed by atoms with Crippen LogP contribution in [0.3, 0.4) is 0 Å². The molecular formula is C24H27NO4. The van der Waals surface area contributed by atoms with E-state index in [4.69, 9.17) is 14.2 Å². The molecule has 0 heterocycles. The fourth-order valence-corrected chi connectivity index (χ4v) is 3.08. The number of benzene rings is 3. The zero-order valence-corrected chi connectivity index (χ0v) is 17.1. The third-order valence-corrected chi connectivity index (χ3v) is 4.77. The molecule has 0 fully saturated rings. The van der Waals surface area contributed by atoms with Gasteiger partial charge in [-0.3, -0.25) is 4.79 Å². The second-order valence-electron chi connectivity index (χ2n) is 6.74. The molecule has 5 heteroatoms. The molecule has 0 aliphatic heterocycles. The van der Waals surface area contributed by atoms with Crippen LogP contribution in [0.5, 0.6) is 17.2 Å². The van der Waals surface area contributed by atoms with Gasteiger partial charge in [-0.05, 0) is 66.6 Å². The van der Waals surface area contributed by atoms with Gasteiger partial charge in [0, 0.05) is 0 Å². The quantitative estimate of drug-likeness (QED) is 0.542. The normalized spacial score (nSPS) is 11.7. The highest BCUT2D eigenvalue weighted by molar-refractivity contribution is 5.88. The SMILES string of the molecule is CCOc1ccc(OCCNC(=O)C(C)c2ccc3cc(OC)ccc3c2)cc1. The Labute approximate surface area is 171 Å². The van der Waals surface area contributed by atoms with Gasteiger partial charge in [0.2, 0.25) is 5.91 Å². The first-order chi connectivity index (χ1) is 14.1. The van der Waals surface area contributed by atoms with Crippen LogP contribution in [0.2, 0.25) is 0 Å². The molecule has 5 nitrogen and oxygen atoms in total. The first kappa shape index (κ1) is 20.5. The van der Waals surface area contributed by atoms with Crippen molar-refractivity contribution in [3.63, 3.8) is 0 Å². The minimum atomic E-state index is -0.244. The number of hydrogen-bond donors (Lipinski definition) is 1. The molecule has 3 aromatic rings. The molecule has 1 atom stereocenters. The van der Waals surface area contributed by atoms with Crippen LogP contribution < -0.4 is 19.5 Å². The van der Waals surface area contributed by atoms with E-state index in [1.165, 1.54) is 0 Å². The Morgan fingerprint density at radius 1 is 0.897 bits per heavy atom. The van der Waals surface area contributed by atoms with Gasteiger partial charge in [0.25, 0.3) is 0 Å². The molecular weight excluding hydrogens is 366 g/mol. The van der Waals surface area contributed by atoms with E-state index in [1.54, 1.807) is 7.11 Å². The zero-order chi connectivity index (χ0) is 20.6. The molecule has 0 spiro atoms. The lowest BCUT2D eigenvalue weighted by Gasteiger charge is -2.14. The summed E-state index contributed by atoms with van der Waals surface area (Å²) in [7, 11) is 1.65. The van der Waals surface area contributed by atoms with Crippen molar-refractivity contribution in [2.75, 3.05) is 26.9 Å². The van der Waals surface area contributed by atoms with Crippen LogP contribution in [0.1, 0.15) is 25.3 Å². The molecule has 3 aromatic carbocycles. The Morgan fingerprint density at radius 2 is 1.52 bits per heavy atom. The number of amides is 1. The third kappa shape index (κ3) is 5.41. The van der Waals surface area contributed by atoms with Crippen LogP contribution >= 0.6 is 0 Å². The minimum absolute atomic E-state index is 0.0202. The molecule has 0 aliphatic rings. The molecule has 0 radical (unpaired) electrons. The summed E-state index contributed by atoms with van der Waals surface area (Å²) in [5.74, 6) is 2.13. The number of fused-ring (bicyclic) bond motifs is 1. The van der Waals surface area contributed by atoms with E-state index in [0.29, 0.717) is 19.8 Å². The first-order valence-electron chi connectivity index (χ1n) is 9.81. The van der Waals surface area contributed by atoms with E-state index >= 15 is 0 Å². The number of ether oxygens (including phenoxy) is 3. The monoisotopic (exact) mass is 393 g/mol. The fraction of sp³-hybridized carbons (Fsp3) is 0.292. The standard InChI is InChI=1S/C24H27NO4/c1-4-28-21-9-11-22(12-10-21)29-14-13-25-24(26)17(2)18-5-6-20-16-23(27-3)8-7-19(20)15-18/h5-12,15-17H,4,13-14H2,1-3H3,(H,25,26). The lowest BCUT2D eigenvalue weighted by molar-refractivity contribution is -0.122. The molecule has 1 amide bonds. The van der Waals surface area contributed by atoms with Crippen LogP contribution in [0.25, 0.3) is 10.8 Å². The maximum Gasteiger partial charge on any atom is 0.227 e. The van der Waals surface area contributed by atoms with Crippen molar-refractivity contribution in [1.82, 2.24) is 5.32 Å². The number of methoxy groups -OCH3 is 1. The maximum absolute atomic E-state index is 12.5. The highest BCUT2D eigenvalue weighted by atomic mass is 16.5. The molecule has 1 unspecified atom stereocenters. The summed E-state index contributed by atoms with van der Waals surface area (Å²) in [6.45, 7) is 5.34. The molecule has 1 N–H and O–H groups in total. The molecule has 0 aliphatic carbocycles. The van der Waals surface area contributed by atoms with Gasteiger partial charge in [0.05, 0.1) is 26.2 Å². The van der Waals surface area contributed by atoms with E-state index < -0.39 is 0 Å². The van der Waals surface area contributed by atoms with Gasteiger partial charge in [-0.1, -0.05) is 24.3 Å². The third-order valence-electron chi connectivity index (χ3n) is 4.77. The average Bonchev–Trinajstić information content (AvgIpc) is 2.76. The summed E-state index contributed by atoms with van der Waals surface area (Å²) in [5.41, 5.74) is 0.979. The van der Waals surface area contributed by atoms with Crippen molar-refractivity contribution >= 4 is 16.7 Å². The molecule has 0 saturated heterocycles. The number of nitrogens with one attached hydrogen (secondary N) is 1. The minimum Gasteiger partial charge on any atom is -0.497 e. The van der Waals surface area contributed by atoms with Crippen molar-refractivity contribution < 1.29 is 19.0 Å². The van der Waals surface area contributed by atoms with E-state index in [2.05, 4.69) is 11.4 Å². The topological polar surface area (TPSA) is 56.8 Å². The molecule has 29 heavy (non-hydrogen) atoms. The second-order valence-corrected chi connectivity index (χ2v) is 6.74. The molecule has 152 valence electrons. The Kier molecular flexibility index (Phi) is 6.95. The van der Waals surface area contributed by atoms with Gasteiger partial charge in [-0.15, -0.1) is 0 Å². The van der Waals surface area contributed by atoms with Crippen LogP contribution in [0.4, 0.5) is 0 Å². The summed E-state index contributed by atoms with van der Waals surface area (Å²) in [5, 5.41) is 5.11. The summed E-state index contributed by atoms with van der Waals surface area (Å²) < 4.78 is 16.3. The van der Waals surface area contributed by atoms with Gasteiger partial charge < -0.3 is 19.5 Å². The molecule has 3 rings (SSSR count). The predicted molar refractivity (Wildman–Crippen MR) is 115 cm³/mol. The van der Waals surface area contributed by atoms with Gasteiger partial charge >= 0.3 is 0 Å². The summed E-state index contributed by atoms with van der Waals surface area (Å²) in [4.78, 5) is 12.5. The first-order valence-corrected chi connectivity index (χ1v) is 9.81. The lowest BCUT2D eigenvalue weighted by Crippen LogP contribution is -2.31. The smallest absolute Gasteiger partial charge is 0.227 e. The maximum atomic E-state index is 12.5. The van der Waals surface area contributed by atoms with Crippen molar-refractivity contribution in [1.29, 1.82) is 0 Å². The van der Waals surface area contributed by atoms with Crippen LogP contribution in [-0.4, -0.2) is 32.8 Å². The number of carbonyl (C=O) groups excluding carboxylic acids is 1. The number of carbonyl (C=O) groups is 1. The van der Waals surface area contributed by atoms with Gasteiger partial charge in [-0.25, -0.2) is 0 Å². The Hall–Kier alpha value is -3.21. The summed E-state index contributed by atoms with van der Waals surface area (Å²) in [6, 6.07) is 19.4. The van der Waals surface area contributed by atoms with Crippen molar-refractivity contribution in [3.8, 4) is 17.2 Å². The summed E-state index contributed by atoms with van der Waals surface area (Å²) >= 11 is 0. The zero-order valence-electron chi connectivity index (χ0n) is 17.1. The van der Waals surface area contributed by atoms with Crippen LogP contribution in [0.15, 0.2) is 60.7 Å². The van der Waals surface area contributed by atoms with Crippen LogP contribution in [-0.2, 0) is 4.79 Å². The fourth-order valence-electron chi connectivity index (χ4n) is 3.08. The van der Waals surface area contributed by atoms with Gasteiger partial charge in [0.1, 0.15) is 23.9 Å². The lowest BCUT2D eigenvalue weighted by atomic mass is 9.97. The van der Waals surface area contributed by atoms with E-state index in [9.17, 15) is 4.79 Å². The molecule has 0 bridgehead atoms. The molecule has 0 aromatic heterocycles. The van der Waals surface area contributed by atoms with Gasteiger partial charge in [-0.2, -0.15) is 0 Å². The van der Waals surface area contributed by atoms with Crippen molar-refractivity contribution in [2.24, 2.45) is 0 Å². The highest BCUT2D eigenvalue weighted by Gasteiger charge is 2.15. The predicted octanol–water partition coefficient (Wildman–Crippen LogP) is 4.55. The van der Waals surface area contributed by atoms with Crippen molar-refractivity contribution in [2.45, 2.75) is 19.8 Å². The second kappa shape index (κ2) is 9.82. The van der Waals surface area contributed by atoms with Crippen LogP contribution in [0, 0.1) is 0 Å². The Morgan fingerprint density at radius 3 is 2.21 bits per heavy atom. The summed E-state index contributed by atoms with van der Waals surface area (Å²) in [6.07, 6.45) is 0. The number of rotatable bonds is 9. The Balaban J connectivity index is 1.50. The van der Waals surface area contributed by atoms with E-state index in [1.807, 2.05) is 68.4 Å². The van der Waals surface area contributed by atoms with E-state index in [-0.39, 0.29) is 11.8 Å². The van der Waals surface area contributed by atoms with Crippen molar-refractivity contribution in [3.05, 3.63) is 66.2 Å². The highest BCUT2D eigenvalue weighted by Crippen LogP contribution is 2.25. The number of hydrogen-bond acceptors (Lipinski definition) is 4. The average molecular weight is 393 g/mol. The largest absolute Gasteiger partial charge is 0.497 e. The van der Waals surface area contributed by atoms with E-state index in [0.717, 1.165) is 33.6 Å². The molecule has 0 saturated carbocycles. The van der Waals surface area contributed by atoms with Gasteiger partial charge in [0.15, 0.2) is 0 Å². The Bertz CT molecular complexity index is 953.